The summed E-state index contributed by atoms with van der Waals surface area (Å²) in [4.78, 5) is 24.3. The maximum atomic E-state index is 12.0. The highest BCUT2D eigenvalue weighted by molar-refractivity contribution is 5.76. The van der Waals surface area contributed by atoms with E-state index >= 15 is 0 Å². The lowest BCUT2D eigenvalue weighted by molar-refractivity contribution is -0.137. The van der Waals surface area contributed by atoms with E-state index in [1.54, 1.807) is 0 Å². The molecule has 0 rings (SSSR count). The van der Waals surface area contributed by atoms with E-state index in [0.717, 1.165) is 0 Å². The van der Waals surface area contributed by atoms with Crippen molar-refractivity contribution >= 4 is 12.0 Å². The second-order valence-electron chi connectivity index (χ2n) is 5.73. The van der Waals surface area contributed by atoms with Gasteiger partial charge in [0, 0.05) is 12.6 Å². The Morgan fingerprint density at radius 3 is 2.37 bits per heavy atom. The lowest BCUT2D eigenvalue weighted by atomic mass is 9.87. The van der Waals surface area contributed by atoms with Gasteiger partial charge < -0.3 is 15.3 Å². The van der Waals surface area contributed by atoms with Crippen LogP contribution in [0.25, 0.3) is 0 Å². The molecule has 1 unspecified atom stereocenters. The Morgan fingerprint density at radius 2 is 2.00 bits per heavy atom. The minimum atomic E-state index is -0.922. The number of nitrogens with one attached hydrogen (secondary N) is 1. The number of carboxylic acid groups (broad SMARTS) is 1. The molecule has 1 atom stereocenters. The molecule has 19 heavy (non-hydrogen) atoms. The fraction of sp³-hybridized carbons (Fsp3) is 0.714. The van der Waals surface area contributed by atoms with Gasteiger partial charge >= 0.3 is 12.0 Å². The van der Waals surface area contributed by atoms with Crippen LogP contribution in [-0.2, 0) is 4.79 Å². The molecule has 0 aromatic heterocycles. The third-order valence-electron chi connectivity index (χ3n) is 2.56. The van der Waals surface area contributed by atoms with Crippen LogP contribution >= 0.6 is 0 Å². The highest BCUT2D eigenvalue weighted by atomic mass is 16.4. The number of amides is 2. The number of terminal acetylenes is 1. The number of nitrogens with zero attached hydrogens (tertiary/aromatic N) is 1. The van der Waals surface area contributed by atoms with Gasteiger partial charge in [-0.2, -0.15) is 0 Å². The predicted molar refractivity (Wildman–Crippen MR) is 74.7 cm³/mol. The van der Waals surface area contributed by atoms with Crippen molar-refractivity contribution in [2.75, 3.05) is 13.1 Å². The Labute approximate surface area is 115 Å². The normalized spacial score (nSPS) is 12.4. The maximum Gasteiger partial charge on any atom is 0.318 e. The SMILES string of the molecule is C#CCN(CC)C(=O)NC(CC(=O)O)CC(C)(C)C. The summed E-state index contributed by atoms with van der Waals surface area (Å²) in [5, 5.41) is 11.6. The summed E-state index contributed by atoms with van der Waals surface area (Å²) in [5.41, 5.74) is -0.0590. The van der Waals surface area contributed by atoms with E-state index < -0.39 is 12.0 Å². The zero-order valence-corrected chi connectivity index (χ0v) is 12.2. The summed E-state index contributed by atoms with van der Waals surface area (Å²) >= 11 is 0. The largest absolute Gasteiger partial charge is 0.481 e. The van der Waals surface area contributed by atoms with E-state index in [0.29, 0.717) is 13.0 Å². The van der Waals surface area contributed by atoms with Gasteiger partial charge in [-0.3, -0.25) is 4.79 Å². The molecule has 5 nitrogen and oxygen atoms in total. The average Bonchev–Trinajstić information content (AvgIpc) is 2.21. The van der Waals surface area contributed by atoms with Gasteiger partial charge in [0.1, 0.15) is 0 Å². The monoisotopic (exact) mass is 268 g/mol. The van der Waals surface area contributed by atoms with E-state index in [4.69, 9.17) is 11.5 Å². The summed E-state index contributed by atoms with van der Waals surface area (Å²) < 4.78 is 0. The van der Waals surface area contributed by atoms with Crippen LogP contribution in [0.1, 0.15) is 40.5 Å². The molecule has 0 aromatic rings. The molecular formula is C14H24N2O3. The smallest absolute Gasteiger partial charge is 0.318 e. The summed E-state index contributed by atoms with van der Waals surface area (Å²) in [6, 6.07) is -0.701. The van der Waals surface area contributed by atoms with Gasteiger partial charge in [-0.1, -0.05) is 26.7 Å². The molecule has 2 N–H and O–H groups in total. The summed E-state index contributed by atoms with van der Waals surface area (Å²) in [6.45, 7) is 8.56. The number of rotatable bonds is 6. The van der Waals surface area contributed by atoms with Crippen molar-refractivity contribution in [2.24, 2.45) is 5.41 Å². The quantitative estimate of drug-likeness (QED) is 0.723. The summed E-state index contributed by atoms with van der Waals surface area (Å²) in [5.74, 6) is 1.49. The van der Waals surface area contributed by atoms with Gasteiger partial charge in [0.25, 0.3) is 0 Å². The molecule has 0 heterocycles. The predicted octanol–water partition coefficient (Wildman–Crippen LogP) is 1.93. The van der Waals surface area contributed by atoms with Crippen LogP contribution in [0, 0.1) is 17.8 Å². The van der Waals surface area contributed by atoms with Gasteiger partial charge in [-0.25, -0.2) is 4.79 Å². The minimum Gasteiger partial charge on any atom is -0.481 e. The molecule has 2 amide bonds. The van der Waals surface area contributed by atoms with Crippen LogP contribution in [-0.4, -0.2) is 41.1 Å². The number of carbonyl (C=O) groups excluding carboxylic acids is 1. The molecule has 0 bridgehead atoms. The van der Waals surface area contributed by atoms with Crippen molar-refractivity contribution in [1.29, 1.82) is 0 Å². The second-order valence-corrected chi connectivity index (χ2v) is 5.73. The van der Waals surface area contributed by atoms with Gasteiger partial charge in [0.05, 0.1) is 13.0 Å². The van der Waals surface area contributed by atoms with Gasteiger partial charge in [-0.15, -0.1) is 6.42 Å². The van der Waals surface area contributed by atoms with Crippen molar-refractivity contribution < 1.29 is 14.7 Å². The van der Waals surface area contributed by atoms with E-state index in [1.807, 2.05) is 27.7 Å². The highest BCUT2D eigenvalue weighted by Gasteiger charge is 2.24. The van der Waals surface area contributed by atoms with Crippen LogP contribution in [0.2, 0.25) is 0 Å². The minimum absolute atomic E-state index is 0.0590. The van der Waals surface area contributed by atoms with Crippen LogP contribution in [0.5, 0.6) is 0 Å². The van der Waals surface area contributed by atoms with Crippen molar-refractivity contribution in [3.8, 4) is 12.3 Å². The standard InChI is InChI=1S/C14H24N2O3/c1-6-8-16(7-2)13(19)15-11(9-12(17)18)10-14(3,4)5/h1,11H,7-10H2,2-5H3,(H,15,19)(H,17,18). The summed E-state index contributed by atoms with van der Waals surface area (Å²) in [7, 11) is 0. The van der Waals surface area contributed by atoms with Crippen LogP contribution in [0.4, 0.5) is 4.79 Å². The molecule has 0 fully saturated rings. The average molecular weight is 268 g/mol. The molecule has 0 aliphatic heterocycles. The highest BCUT2D eigenvalue weighted by Crippen LogP contribution is 2.22. The van der Waals surface area contributed by atoms with E-state index in [2.05, 4.69) is 11.2 Å². The number of hydrogen-bond donors (Lipinski definition) is 2. The Bertz CT molecular complexity index is 353. The molecule has 0 aliphatic carbocycles. The van der Waals surface area contributed by atoms with Gasteiger partial charge in [0.15, 0.2) is 0 Å². The number of hydrogen-bond acceptors (Lipinski definition) is 2. The first kappa shape index (κ1) is 17.3. The first-order valence-corrected chi connectivity index (χ1v) is 6.40. The Hall–Kier alpha value is -1.70. The molecule has 0 aromatic carbocycles. The molecular weight excluding hydrogens is 244 g/mol. The molecule has 0 radical (unpaired) electrons. The van der Waals surface area contributed by atoms with Crippen molar-refractivity contribution in [2.45, 2.75) is 46.6 Å². The second kappa shape index (κ2) is 7.67. The van der Waals surface area contributed by atoms with Gasteiger partial charge in [0.2, 0.25) is 0 Å². The molecule has 108 valence electrons. The third-order valence-corrected chi connectivity index (χ3v) is 2.56. The number of carbonyl (C=O) groups is 2. The number of urea groups is 1. The lowest BCUT2D eigenvalue weighted by Gasteiger charge is -2.28. The first-order chi connectivity index (χ1) is 8.69. The summed E-state index contributed by atoms with van der Waals surface area (Å²) in [6.07, 6.45) is 5.70. The molecule has 0 saturated heterocycles. The Morgan fingerprint density at radius 1 is 1.42 bits per heavy atom. The van der Waals surface area contributed by atoms with Crippen molar-refractivity contribution in [1.82, 2.24) is 10.2 Å². The fourth-order valence-electron chi connectivity index (χ4n) is 1.83. The topological polar surface area (TPSA) is 69.6 Å². The molecule has 0 saturated carbocycles. The van der Waals surface area contributed by atoms with Crippen LogP contribution < -0.4 is 5.32 Å². The first-order valence-electron chi connectivity index (χ1n) is 6.40. The van der Waals surface area contributed by atoms with Gasteiger partial charge in [-0.05, 0) is 18.8 Å². The lowest BCUT2D eigenvalue weighted by Crippen LogP contribution is -2.46. The molecule has 0 aliphatic rings. The molecule has 0 spiro atoms. The Kier molecular flexibility index (Phi) is 6.99. The third kappa shape index (κ3) is 8.09. The van der Waals surface area contributed by atoms with E-state index in [9.17, 15) is 9.59 Å². The van der Waals surface area contributed by atoms with E-state index in [-0.39, 0.29) is 24.4 Å². The van der Waals surface area contributed by atoms with E-state index in [1.165, 1.54) is 4.90 Å². The zero-order chi connectivity index (χ0) is 15.1. The number of carboxylic acids is 1. The number of aliphatic carboxylic acids is 1. The van der Waals surface area contributed by atoms with Crippen molar-refractivity contribution in [3.05, 3.63) is 0 Å². The van der Waals surface area contributed by atoms with Crippen LogP contribution in [0.3, 0.4) is 0 Å². The Balaban J connectivity index is 4.67. The fourth-order valence-corrected chi connectivity index (χ4v) is 1.83. The van der Waals surface area contributed by atoms with Crippen molar-refractivity contribution in [3.63, 3.8) is 0 Å². The molecule has 5 heteroatoms. The zero-order valence-electron chi connectivity index (χ0n) is 12.2. The van der Waals surface area contributed by atoms with Crippen LogP contribution in [0.15, 0.2) is 0 Å². The maximum absolute atomic E-state index is 12.0.